The highest BCUT2D eigenvalue weighted by atomic mass is 32.2. The summed E-state index contributed by atoms with van der Waals surface area (Å²) < 4.78 is 33.1. The summed E-state index contributed by atoms with van der Waals surface area (Å²) in [6.07, 6.45) is 4.35. The smallest absolute Gasteiger partial charge is 0.336 e. The van der Waals surface area contributed by atoms with E-state index in [0.717, 1.165) is 16.5 Å². The zero-order valence-electron chi connectivity index (χ0n) is 14.2. The molecule has 0 aliphatic carbocycles. The molecule has 0 spiro atoms. The average Bonchev–Trinajstić information content (AvgIpc) is 2.84. The number of benzene rings is 2. The van der Waals surface area contributed by atoms with Crippen LogP contribution in [0, 0.1) is 6.92 Å². The number of aryl methyl sites for hydroxylation is 1. The first-order chi connectivity index (χ1) is 12.5. The van der Waals surface area contributed by atoms with Crippen LogP contribution in [0.4, 0.5) is 5.69 Å². The van der Waals surface area contributed by atoms with Crippen molar-refractivity contribution in [3.8, 4) is 0 Å². The van der Waals surface area contributed by atoms with E-state index in [9.17, 15) is 13.2 Å². The number of nitrogens with zero attached hydrogens (tertiary/aromatic N) is 1. The standard InChI is InChI=1S/C20H17NO4S/c1-14-5-7-15(8-6-14)26(23,24)21-13-3-2-4-16-17-9-12-20(22)25-19(17)11-10-18(16)21/h2-3,5-12H,4,13H2,1H3. The Balaban J connectivity index is 1.92. The molecular formula is C20H17NO4S. The zero-order valence-corrected chi connectivity index (χ0v) is 15.0. The van der Waals surface area contributed by atoms with Gasteiger partial charge in [-0.25, -0.2) is 13.2 Å². The van der Waals surface area contributed by atoms with E-state index in [1.54, 1.807) is 42.5 Å². The van der Waals surface area contributed by atoms with Gasteiger partial charge < -0.3 is 4.42 Å². The molecule has 0 radical (unpaired) electrons. The van der Waals surface area contributed by atoms with Crippen molar-refractivity contribution in [3.05, 3.63) is 82.2 Å². The zero-order chi connectivity index (χ0) is 18.3. The molecule has 1 aromatic heterocycles. The molecule has 0 N–H and O–H groups in total. The van der Waals surface area contributed by atoms with Gasteiger partial charge in [0.1, 0.15) is 5.58 Å². The van der Waals surface area contributed by atoms with Gasteiger partial charge in [0.25, 0.3) is 10.0 Å². The Hall–Kier alpha value is -2.86. The first kappa shape index (κ1) is 16.6. The molecule has 0 amide bonds. The van der Waals surface area contributed by atoms with Crippen molar-refractivity contribution in [1.82, 2.24) is 0 Å². The first-order valence-corrected chi connectivity index (χ1v) is 9.71. The Labute approximate surface area is 151 Å². The SMILES string of the molecule is Cc1ccc(S(=O)(=O)N2CC=CCc3c2ccc2oc(=O)ccc32)cc1. The summed E-state index contributed by atoms with van der Waals surface area (Å²) in [5, 5.41) is 0.748. The maximum Gasteiger partial charge on any atom is 0.336 e. The van der Waals surface area contributed by atoms with E-state index in [2.05, 4.69) is 0 Å². The quantitative estimate of drug-likeness (QED) is 0.514. The van der Waals surface area contributed by atoms with E-state index < -0.39 is 15.6 Å². The van der Waals surface area contributed by atoms with E-state index >= 15 is 0 Å². The highest BCUT2D eigenvalue weighted by Gasteiger charge is 2.27. The molecule has 0 unspecified atom stereocenters. The summed E-state index contributed by atoms with van der Waals surface area (Å²) in [7, 11) is -3.70. The van der Waals surface area contributed by atoms with Crippen LogP contribution >= 0.6 is 0 Å². The second-order valence-corrected chi connectivity index (χ2v) is 8.12. The predicted molar refractivity (Wildman–Crippen MR) is 101 cm³/mol. The second-order valence-electron chi connectivity index (χ2n) is 6.25. The lowest BCUT2D eigenvalue weighted by Gasteiger charge is -2.24. The van der Waals surface area contributed by atoms with Gasteiger partial charge in [0.15, 0.2) is 0 Å². The van der Waals surface area contributed by atoms with Crippen LogP contribution < -0.4 is 9.93 Å². The average molecular weight is 367 g/mol. The van der Waals surface area contributed by atoms with Gasteiger partial charge >= 0.3 is 5.63 Å². The van der Waals surface area contributed by atoms with Crippen molar-refractivity contribution >= 4 is 26.7 Å². The maximum atomic E-state index is 13.2. The molecule has 0 atom stereocenters. The number of sulfonamides is 1. The molecule has 0 bridgehead atoms. The molecule has 2 heterocycles. The van der Waals surface area contributed by atoms with Gasteiger partial charge in [-0.05, 0) is 49.2 Å². The van der Waals surface area contributed by atoms with E-state index in [-0.39, 0.29) is 11.4 Å². The first-order valence-electron chi connectivity index (χ1n) is 8.27. The topological polar surface area (TPSA) is 67.6 Å². The summed E-state index contributed by atoms with van der Waals surface area (Å²) in [6, 6.07) is 13.2. The molecule has 0 saturated carbocycles. The van der Waals surface area contributed by atoms with Crippen molar-refractivity contribution in [2.75, 3.05) is 10.8 Å². The molecule has 3 aromatic rings. The Bertz CT molecular complexity index is 1170. The van der Waals surface area contributed by atoms with E-state index in [1.165, 1.54) is 10.4 Å². The minimum Gasteiger partial charge on any atom is -0.423 e. The maximum absolute atomic E-state index is 13.2. The normalized spacial score (nSPS) is 14.3. The van der Waals surface area contributed by atoms with Crippen LogP contribution in [-0.4, -0.2) is 15.0 Å². The lowest BCUT2D eigenvalue weighted by Crippen LogP contribution is -2.31. The number of allylic oxidation sites excluding steroid dienone is 1. The third-order valence-electron chi connectivity index (χ3n) is 4.53. The van der Waals surface area contributed by atoms with Gasteiger partial charge in [-0.1, -0.05) is 29.8 Å². The molecule has 26 heavy (non-hydrogen) atoms. The van der Waals surface area contributed by atoms with E-state index in [4.69, 9.17) is 4.42 Å². The minimum atomic E-state index is -3.70. The summed E-state index contributed by atoms with van der Waals surface area (Å²) in [4.78, 5) is 11.7. The lowest BCUT2D eigenvalue weighted by molar-refractivity contribution is 0.560. The number of fused-ring (bicyclic) bond motifs is 3. The third kappa shape index (κ3) is 2.72. The fourth-order valence-electron chi connectivity index (χ4n) is 3.18. The Morgan fingerprint density at radius 3 is 2.50 bits per heavy atom. The lowest BCUT2D eigenvalue weighted by atomic mass is 10.0. The highest BCUT2D eigenvalue weighted by molar-refractivity contribution is 7.92. The monoisotopic (exact) mass is 367 g/mol. The fraction of sp³-hybridized carbons (Fsp3) is 0.150. The van der Waals surface area contributed by atoms with E-state index in [1.807, 2.05) is 19.1 Å². The van der Waals surface area contributed by atoms with Gasteiger partial charge in [0, 0.05) is 11.5 Å². The van der Waals surface area contributed by atoms with Crippen molar-refractivity contribution in [1.29, 1.82) is 0 Å². The van der Waals surface area contributed by atoms with Gasteiger partial charge in [-0.3, -0.25) is 4.31 Å². The molecular weight excluding hydrogens is 350 g/mol. The molecule has 0 saturated heterocycles. The second kappa shape index (κ2) is 6.14. The van der Waals surface area contributed by atoms with Crippen LogP contribution in [0.2, 0.25) is 0 Å². The highest BCUT2D eigenvalue weighted by Crippen LogP contribution is 2.34. The summed E-state index contributed by atoms with van der Waals surface area (Å²) >= 11 is 0. The van der Waals surface area contributed by atoms with Crippen LogP contribution in [0.25, 0.3) is 11.0 Å². The molecule has 1 aliphatic rings. The molecule has 0 fully saturated rings. The minimum absolute atomic E-state index is 0.254. The predicted octanol–water partition coefficient (Wildman–Crippen LogP) is 3.41. The third-order valence-corrected chi connectivity index (χ3v) is 6.32. The fourth-order valence-corrected chi connectivity index (χ4v) is 4.63. The van der Waals surface area contributed by atoms with Crippen molar-refractivity contribution in [2.24, 2.45) is 0 Å². The Kier molecular flexibility index (Phi) is 3.92. The van der Waals surface area contributed by atoms with Gasteiger partial charge in [-0.2, -0.15) is 0 Å². The van der Waals surface area contributed by atoms with Gasteiger partial charge in [-0.15, -0.1) is 0 Å². The van der Waals surface area contributed by atoms with E-state index in [0.29, 0.717) is 17.7 Å². The van der Waals surface area contributed by atoms with Gasteiger partial charge in [0.05, 0.1) is 17.1 Å². The van der Waals surface area contributed by atoms with Crippen LogP contribution in [0.5, 0.6) is 0 Å². The Morgan fingerprint density at radius 2 is 1.73 bits per heavy atom. The molecule has 5 nitrogen and oxygen atoms in total. The number of rotatable bonds is 2. The van der Waals surface area contributed by atoms with Gasteiger partial charge in [0.2, 0.25) is 0 Å². The van der Waals surface area contributed by atoms with Crippen molar-refractivity contribution in [3.63, 3.8) is 0 Å². The molecule has 2 aromatic carbocycles. The largest absolute Gasteiger partial charge is 0.423 e. The molecule has 4 rings (SSSR count). The summed E-state index contributed by atoms with van der Waals surface area (Å²) in [6.45, 7) is 2.17. The number of hydrogen-bond acceptors (Lipinski definition) is 4. The number of anilines is 1. The van der Waals surface area contributed by atoms with Crippen molar-refractivity contribution in [2.45, 2.75) is 18.2 Å². The summed E-state index contributed by atoms with van der Waals surface area (Å²) in [5.41, 5.74) is 2.47. The van der Waals surface area contributed by atoms with Crippen LogP contribution in [0.15, 0.2) is 74.8 Å². The number of hydrogen-bond donors (Lipinski definition) is 0. The molecule has 6 heteroatoms. The van der Waals surface area contributed by atoms with Crippen LogP contribution in [0.3, 0.4) is 0 Å². The Morgan fingerprint density at radius 1 is 0.962 bits per heavy atom. The van der Waals surface area contributed by atoms with Crippen LogP contribution in [-0.2, 0) is 16.4 Å². The molecule has 132 valence electrons. The summed E-state index contributed by atoms with van der Waals surface area (Å²) in [5.74, 6) is 0. The van der Waals surface area contributed by atoms with Crippen LogP contribution in [0.1, 0.15) is 11.1 Å². The molecule has 1 aliphatic heterocycles. The van der Waals surface area contributed by atoms with Crippen molar-refractivity contribution < 1.29 is 12.8 Å².